The normalized spacial score (nSPS) is 14.8. The fraction of sp³-hybridized carbons (Fsp3) is 0.200. The molecule has 0 N–H and O–H groups in total. The van der Waals surface area contributed by atoms with E-state index < -0.39 is 12.3 Å². The molecular formula is C20H17F2N3O3S. The highest BCUT2D eigenvalue weighted by atomic mass is 32.1. The minimum atomic E-state index is -3.68. The SMILES string of the molecule is Cc1cn(-c2ccc3c(c2)OC(F)(F)O3)c(=NC(=O)N(C)Cc2ccccc2)s1. The molecule has 29 heavy (non-hydrogen) atoms. The number of thiazole rings is 1. The van der Waals surface area contributed by atoms with Gasteiger partial charge in [-0.15, -0.1) is 20.1 Å². The quantitative estimate of drug-likeness (QED) is 0.638. The molecule has 1 aromatic heterocycles. The van der Waals surface area contributed by atoms with Crippen LogP contribution in [0.2, 0.25) is 0 Å². The first-order valence-electron chi connectivity index (χ1n) is 8.74. The summed E-state index contributed by atoms with van der Waals surface area (Å²) in [5.41, 5.74) is 1.53. The van der Waals surface area contributed by atoms with Crippen LogP contribution in [0.5, 0.6) is 11.5 Å². The minimum absolute atomic E-state index is 0.0385. The predicted octanol–water partition coefficient (Wildman–Crippen LogP) is 4.32. The lowest BCUT2D eigenvalue weighted by atomic mass is 10.2. The van der Waals surface area contributed by atoms with E-state index in [1.54, 1.807) is 23.9 Å². The second-order valence-corrected chi connectivity index (χ2v) is 7.74. The van der Waals surface area contributed by atoms with Crippen LogP contribution in [-0.4, -0.2) is 28.8 Å². The summed E-state index contributed by atoms with van der Waals surface area (Å²) >= 11 is 1.32. The van der Waals surface area contributed by atoms with Gasteiger partial charge in [-0.25, -0.2) is 4.79 Å². The number of halogens is 2. The third kappa shape index (κ3) is 4.14. The number of nitrogens with zero attached hydrogens (tertiary/aromatic N) is 3. The Kier molecular flexibility index (Phi) is 4.83. The highest BCUT2D eigenvalue weighted by Gasteiger charge is 2.43. The third-order valence-electron chi connectivity index (χ3n) is 4.21. The molecule has 0 atom stereocenters. The Morgan fingerprint density at radius 1 is 1.17 bits per heavy atom. The van der Waals surface area contributed by atoms with Crippen LogP contribution in [0.1, 0.15) is 10.4 Å². The summed E-state index contributed by atoms with van der Waals surface area (Å²) in [4.78, 5) is 19.7. The van der Waals surface area contributed by atoms with E-state index in [-0.39, 0.29) is 11.5 Å². The van der Waals surface area contributed by atoms with Crippen molar-refractivity contribution in [1.82, 2.24) is 9.47 Å². The number of carbonyl (C=O) groups excluding carboxylic acids is 1. The van der Waals surface area contributed by atoms with Gasteiger partial charge in [0.15, 0.2) is 16.3 Å². The number of rotatable bonds is 3. The molecule has 1 aliphatic rings. The topological polar surface area (TPSA) is 56.1 Å². The monoisotopic (exact) mass is 417 g/mol. The summed E-state index contributed by atoms with van der Waals surface area (Å²) in [7, 11) is 1.67. The average Bonchev–Trinajstić information content (AvgIpc) is 3.19. The number of hydrogen-bond donors (Lipinski definition) is 0. The van der Waals surface area contributed by atoms with Gasteiger partial charge < -0.3 is 14.4 Å². The first-order valence-corrected chi connectivity index (χ1v) is 9.55. The third-order valence-corrected chi connectivity index (χ3v) is 5.11. The van der Waals surface area contributed by atoms with Crippen molar-refractivity contribution >= 4 is 17.4 Å². The lowest BCUT2D eigenvalue weighted by Gasteiger charge is -2.14. The number of alkyl halides is 2. The Hall–Kier alpha value is -3.20. The van der Waals surface area contributed by atoms with Crippen molar-refractivity contribution in [3.05, 3.63) is 70.0 Å². The molecule has 150 valence electrons. The van der Waals surface area contributed by atoms with Crippen molar-refractivity contribution in [1.29, 1.82) is 0 Å². The van der Waals surface area contributed by atoms with Gasteiger partial charge in [-0.3, -0.25) is 4.57 Å². The van der Waals surface area contributed by atoms with E-state index in [0.717, 1.165) is 10.4 Å². The maximum atomic E-state index is 13.3. The van der Waals surface area contributed by atoms with E-state index in [2.05, 4.69) is 14.5 Å². The average molecular weight is 417 g/mol. The second-order valence-electron chi connectivity index (χ2n) is 6.53. The minimum Gasteiger partial charge on any atom is -0.395 e. The largest absolute Gasteiger partial charge is 0.586 e. The summed E-state index contributed by atoms with van der Waals surface area (Å²) in [6, 6.07) is 13.6. The zero-order valence-corrected chi connectivity index (χ0v) is 16.5. The van der Waals surface area contributed by atoms with E-state index in [0.29, 0.717) is 17.0 Å². The standard InChI is InChI=1S/C20H17F2N3O3S/c1-13-11-25(15-8-9-16-17(10-15)28-20(21,22)27-16)19(29-13)23-18(26)24(2)12-14-6-4-3-5-7-14/h3-11H,12H2,1-2H3. The first-order chi connectivity index (χ1) is 13.8. The van der Waals surface area contributed by atoms with Gasteiger partial charge in [0.25, 0.3) is 0 Å². The van der Waals surface area contributed by atoms with Gasteiger partial charge in [-0.05, 0) is 24.6 Å². The molecule has 0 saturated heterocycles. The summed E-state index contributed by atoms with van der Waals surface area (Å²) in [6.07, 6.45) is -1.90. The number of amides is 2. The molecule has 4 rings (SSSR count). The molecule has 2 heterocycles. The molecule has 0 bridgehead atoms. The predicted molar refractivity (Wildman–Crippen MR) is 103 cm³/mol. The Morgan fingerprint density at radius 2 is 1.90 bits per heavy atom. The van der Waals surface area contributed by atoms with Gasteiger partial charge in [0, 0.05) is 30.7 Å². The van der Waals surface area contributed by atoms with Crippen LogP contribution in [-0.2, 0) is 6.54 Å². The van der Waals surface area contributed by atoms with Crippen molar-refractivity contribution in [2.75, 3.05) is 7.05 Å². The van der Waals surface area contributed by atoms with Gasteiger partial charge in [0.2, 0.25) is 0 Å². The molecule has 0 saturated carbocycles. The Bertz CT molecular complexity index is 1130. The lowest BCUT2D eigenvalue weighted by molar-refractivity contribution is -0.286. The van der Waals surface area contributed by atoms with Crippen LogP contribution >= 0.6 is 11.3 Å². The summed E-state index contributed by atoms with van der Waals surface area (Å²) in [6.45, 7) is 2.30. The van der Waals surface area contributed by atoms with Crippen LogP contribution in [0, 0.1) is 6.92 Å². The number of benzene rings is 2. The van der Waals surface area contributed by atoms with E-state index in [1.807, 2.05) is 37.3 Å². The van der Waals surface area contributed by atoms with Crippen molar-refractivity contribution in [3.63, 3.8) is 0 Å². The van der Waals surface area contributed by atoms with Crippen LogP contribution in [0.15, 0.2) is 59.7 Å². The Balaban J connectivity index is 1.63. The van der Waals surface area contributed by atoms with Gasteiger partial charge in [0.05, 0.1) is 5.69 Å². The van der Waals surface area contributed by atoms with Gasteiger partial charge in [0.1, 0.15) is 0 Å². The van der Waals surface area contributed by atoms with Crippen molar-refractivity contribution < 1.29 is 23.0 Å². The fourth-order valence-electron chi connectivity index (χ4n) is 2.90. The number of aryl methyl sites for hydroxylation is 1. The van der Waals surface area contributed by atoms with Gasteiger partial charge >= 0.3 is 12.3 Å². The summed E-state index contributed by atoms with van der Waals surface area (Å²) in [5.74, 6) is -0.106. The summed E-state index contributed by atoms with van der Waals surface area (Å²) in [5, 5.41) is 0. The zero-order chi connectivity index (χ0) is 20.6. The van der Waals surface area contributed by atoms with E-state index in [1.165, 1.54) is 28.4 Å². The highest BCUT2D eigenvalue weighted by molar-refractivity contribution is 7.09. The van der Waals surface area contributed by atoms with Crippen LogP contribution in [0.4, 0.5) is 13.6 Å². The van der Waals surface area contributed by atoms with Gasteiger partial charge in [-0.1, -0.05) is 30.3 Å². The molecule has 0 unspecified atom stereocenters. The van der Waals surface area contributed by atoms with Crippen molar-refractivity contribution in [2.45, 2.75) is 19.8 Å². The molecule has 0 radical (unpaired) electrons. The number of hydrogen-bond acceptors (Lipinski definition) is 4. The Labute approximate surface area is 169 Å². The zero-order valence-electron chi connectivity index (χ0n) is 15.6. The van der Waals surface area contributed by atoms with Crippen LogP contribution < -0.4 is 14.3 Å². The molecule has 0 aliphatic carbocycles. The highest BCUT2D eigenvalue weighted by Crippen LogP contribution is 2.41. The molecule has 2 aromatic carbocycles. The van der Waals surface area contributed by atoms with E-state index >= 15 is 0 Å². The second kappa shape index (κ2) is 7.32. The summed E-state index contributed by atoms with van der Waals surface area (Å²) < 4.78 is 37.2. The lowest BCUT2D eigenvalue weighted by Crippen LogP contribution is -2.26. The molecule has 9 heteroatoms. The molecule has 3 aromatic rings. The van der Waals surface area contributed by atoms with Crippen LogP contribution in [0.25, 0.3) is 5.69 Å². The van der Waals surface area contributed by atoms with Crippen molar-refractivity contribution in [3.8, 4) is 17.2 Å². The number of fused-ring (bicyclic) bond motifs is 1. The molecule has 6 nitrogen and oxygen atoms in total. The molecule has 0 spiro atoms. The number of carbonyl (C=O) groups is 1. The smallest absolute Gasteiger partial charge is 0.395 e. The van der Waals surface area contributed by atoms with Crippen molar-refractivity contribution in [2.24, 2.45) is 4.99 Å². The number of urea groups is 1. The maximum Gasteiger partial charge on any atom is 0.586 e. The molecule has 2 amide bonds. The number of aromatic nitrogens is 1. The molecule has 1 aliphatic heterocycles. The van der Waals surface area contributed by atoms with E-state index in [4.69, 9.17) is 0 Å². The fourth-order valence-corrected chi connectivity index (χ4v) is 3.72. The number of ether oxygens (including phenoxy) is 2. The van der Waals surface area contributed by atoms with E-state index in [9.17, 15) is 13.6 Å². The van der Waals surface area contributed by atoms with Gasteiger partial charge in [-0.2, -0.15) is 4.99 Å². The maximum absolute atomic E-state index is 13.3. The molecular weight excluding hydrogens is 400 g/mol. The first kappa shape index (κ1) is 19.1. The molecule has 0 fully saturated rings. The van der Waals surface area contributed by atoms with Crippen LogP contribution in [0.3, 0.4) is 0 Å². The Morgan fingerprint density at radius 3 is 2.66 bits per heavy atom.